The summed E-state index contributed by atoms with van der Waals surface area (Å²) in [6.07, 6.45) is 3.07. The second kappa shape index (κ2) is 4.74. The number of rotatable bonds is 3. The van der Waals surface area contributed by atoms with Crippen LogP contribution < -0.4 is 5.73 Å². The molecule has 1 aromatic heterocycles. The third-order valence-corrected chi connectivity index (χ3v) is 2.41. The predicted octanol–water partition coefficient (Wildman–Crippen LogP) is 2.23. The highest BCUT2D eigenvalue weighted by Crippen LogP contribution is 2.13. The molecular formula is C13H11FN2O. The van der Waals surface area contributed by atoms with E-state index < -0.39 is 0 Å². The molecule has 1 heterocycles. The molecule has 0 radical (unpaired) electrons. The van der Waals surface area contributed by atoms with Gasteiger partial charge in [0.15, 0.2) is 5.78 Å². The molecule has 17 heavy (non-hydrogen) atoms. The normalized spacial score (nSPS) is 10.2. The molecule has 0 aliphatic rings. The van der Waals surface area contributed by atoms with Crippen LogP contribution in [0.15, 0.2) is 42.7 Å². The molecule has 0 fully saturated rings. The second-order valence-electron chi connectivity index (χ2n) is 3.69. The fraction of sp³-hybridized carbons (Fsp3) is 0.0769. The lowest BCUT2D eigenvalue weighted by Crippen LogP contribution is -2.07. The number of aromatic nitrogens is 1. The summed E-state index contributed by atoms with van der Waals surface area (Å²) in [5.74, 6) is -0.518. The number of benzene rings is 1. The number of halogens is 1. The molecule has 3 nitrogen and oxygen atoms in total. The van der Waals surface area contributed by atoms with Gasteiger partial charge in [-0.05, 0) is 23.8 Å². The predicted molar refractivity (Wildman–Crippen MR) is 63.1 cm³/mol. The van der Waals surface area contributed by atoms with Crippen LogP contribution in [0.1, 0.15) is 15.9 Å². The van der Waals surface area contributed by atoms with E-state index in [4.69, 9.17) is 5.73 Å². The van der Waals surface area contributed by atoms with E-state index in [0.717, 1.165) is 0 Å². The van der Waals surface area contributed by atoms with Crippen LogP contribution in [0.5, 0.6) is 0 Å². The van der Waals surface area contributed by atoms with Crippen LogP contribution in [0.25, 0.3) is 0 Å². The van der Waals surface area contributed by atoms with Crippen LogP contribution >= 0.6 is 0 Å². The molecule has 0 spiro atoms. The Hall–Kier alpha value is -2.23. The summed E-state index contributed by atoms with van der Waals surface area (Å²) in [4.78, 5) is 15.8. The van der Waals surface area contributed by atoms with Crippen molar-refractivity contribution in [2.24, 2.45) is 0 Å². The zero-order chi connectivity index (χ0) is 12.3. The van der Waals surface area contributed by atoms with Crippen molar-refractivity contribution < 1.29 is 9.18 Å². The largest absolute Gasteiger partial charge is 0.398 e. The number of nitrogens with zero attached hydrogens (tertiary/aromatic N) is 1. The van der Waals surface area contributed by atoms with E-state index in [1.165, 1.54) is 24.5 Å². The van der Waals surface area contributed by atoms with Gasteiger partial charge in [-0.2, -0.15) is 0 Å². The van der Waals surface area contributed by atoms with Crippen LogP contribution in [-0.2, 0) is 6.42 Å². The Morgan fingerprint density at radius 1 is 1.35 bits per heavy atom. The van der Waals surface area contributed by atoms with Gasteiger partial charge in [-0.25, -0.2) is 4.39 Å². The summed E-state index contributed by atoms with van der Waals surface area (Å²) < 4.78 is 13.0. The maximum atomic E-state index is 13.0. The first-order valence-corrected chi connectivity index (χ1v) is 5.14. The first kappa shape index (κ1) is 11.3. The molecule has 0 saturated carbocycles. The quantitative estimate of drug-likeness (QED) is 0.822. The minimum absolute atomic E-state index is 0.119. The van der Waals surface area contributed by atoms with E-state index in [0.29, 0.717) is 16.8 Å². The Morgan fingerprint density at radius 3 is 2.88 bits per heavy atom. The summed E-state index contributed by atoms with van der Waals surface area (Å²) in [5.41, 5.74) is 7.06. The molecule has 0 aliphatic heterocycles. The van der Waals surface area contributed by atoms with Gasteiger partial charge in [-0.1, -0.05) is 12.1 Å². The van der Waals surface area contributed by atoms with Crippen molar-refractivity contribution in [1.82, 2.24) is 4.98 Å². The monoisotopic (exact) mass is 230 g/mol. The van der Waals surface area contributed by atoms with E-state index in [9.17, 15) is 9.18 Å². The van der Waals surface area contributed by atoms with E-state index in [1.807, 2.05) is 0 Å². The molecule has 0 atom stereocenters. The average Bonchev–Trinajstić information content (AvgIpc) is 2.29. The van der Waals surface area contributed by atoms with Gasteiger partial charge in [0.25, 0.3) is 0 Å². The number of pyridine rings is 1. The van der Waals surface area contributed by atoms with Gasteiger partial charge in [0.1, 0.15) is 5.82 Å². The van der Waals surface area contributed by atoms with Crippen LogP contribution in [0.3, 0.4) is 0 Å². The van der Waals surface area contributed by atoms with E-state index in [1.54, 1.807) is 18.2 Å². The second-order valence-corrected chi connectivity index (χ2v) is 3.69. The zero-order valence-electron chi connectivity index (χ0n) is 9.06. The van der Waals surface area contributed by atoms with Crippen LogP contribution in [-0.4, -0.2) is 10.8 Å². The lowest BCUT2D eigenvalue weighted by molar-refractivity contribution is 0.0993. The van der Waals surface area contributed by atoms with Crippen molar-refractivity contribution in [2.45, 2.75) is 6.42 Å². The van der Waals surface area contributed by atoms with Crippen LogP contribution in [0.2, 0.25) is 0 Å². The minimum atomic E-state index is -0.352. The highest BCUT2D eigenvalue weighted by atomic mass is 19.1. The molecule has 2 rings (SSSR count). The lowest BCUT2D eigenvalue weighted by Gasteiger charge is -2.04. The maximum absolute atomic E-state index is 13.0. The number of Topliss-reactive ketones (excluding diaryl/α,β-unsaturated/α-hetero) is 1. The molecular weight excluding hydrogens is 219 g/mol. The highest BCUT2D eigenvalue weighted by molar-refractivity contribution is 6.01. The number of ketones is 1. The van der Waals surface area contributed by atoms with Crippen molar-refractivity contribution in [1.29, 1.82) is 0 Å². The molecule has 0 unspecified atom stereocenters. The van der Waals surface area contributed by atoms with Crippen LogP contribution in [0.4, 0.5) is 10.1 Å². The van der Waals surface area contributed by atoms with Crippen molar-refractivity contribution in [2.75, 3.05) is 5.73 Å². The van der Waals surface area contributed by atoms with E-state index >= 15 is 0 Å². The Bertz CT molecular complexity index is 555. The summed E-state index contributed by atoms with van der Waals surface area (Å²) in [7, 11) is 0. The highest BCUT2D eigenvalue weighted by Gasteiger charge is 2.10. The maximum Gasteiger partial charge on any atom is 0.170 e. The summed E-state index contributed by atoms with van der Waals surface area (Å²) in [6.45, 7) is 0. The topological polar surface area (TPSA) is 56.0 Å². The Kier molecular flexibility index (Phi) is 3.14. The molecule has 1 aromatic carbocycles. The molecule has 0 bridgehead atoms. The average molecular weight is 230 g/mol. The number of carbonyl (C=O) groups excluding carboxylic acids is 1. The smallest absolute Gasteiger partial charge is 0.170 e. The van der Waals surface area contributed by atoms with Gasteiger partial charge in [0.2, 0.25) is 0 Å². The van der Waals surface area contributed by atoms with Gasteiger partial charge in [-0.3, -0.25) is 9.78 Å². The summed E-state index contributed by atoms with van der Waals surface area (Å²) >= 11 is 0. The molecule has 2 aromatic rings. The molecule has 0 saturated heterocycles. The third kappa shape index (κ3) is 2.66. The molecule has 86 valence electrons. The summed E-state index contributed by atoms with van der Waals surface area (Å²) in [5, 5.41) is 0. The number of carbonyl (C=O) groups is 1. The fourth-order valence-corrected chi connectivity index (χ4v) is 1.57. The Morgan fingerprint density at radius 2 is 2.18 bits per heavy atom. The van der Waals surface area contributed by atoms with Gasteiger partial charge < -0.3 is 5.73 Å². The Labute approximate surface area is 98.1 Å². The lowest BCUT2D eigenvalue weighted by atomic mass is 10.0. The third-order valence-electron chi connectivity index (χ3n) is 2.41. The van der Waals surface area contributed by atoms with Crippen molar-refractivity contribution >= 4 is 11.5 Å². The first-order valence-electron chi connectivity index (χ1n) is 5.14. The first-order chi connectivity index (χ1) is 8.16. The van der Waals surface area contributed by atoms with Crippen molar-refractivity contribution in [3.05, 3.63) is 59.7 Å². The SMILES string of the molecule is Nc1ccncc1C(=O)Cc1cccc(F)c1. The van der Waals surface area contributed by atoms with Gasteiger partial charge in [0, 0.05) is 24.5 Å². The molecule has 4 heteroatoms. The number of nitrogen functional groups attached to an aromatic ring is 1. The summed E-state index contributed by atoms with van der Waals surface area (Å²) in [6, 6.07) is 7.52. The minimum Gasteiger partial charge on any atom is -0.398 e. The van der Waals surface area contributed by atoms with E-state index in [2.05, 4.69) is 4.98 Å². The van der Waals surface area contributed by atoms with Crippen molar-refractivity contribution in [3.8, 4) is 0 Å². The van der Waals surface area contributed by atoms with Crippen LogP contribution in [0, 0.1) is 5.82 Å². The number of anilines is 1. The fourth-order valence-electron chi connectivity index (χ4n) is 1.57. The van der Waals surface area contributed by atoms with E-state index in [-0.39, 0.29) is 18.0 Å². The molecule has 0 aliphatic carbocycles. The Balaban J connectivity index is 2.20. The molecule has 0 amide bonds. The van der Waals surface area contributed by atoms with Crippen molar-refractivity contribution in [3.63, 3.8) is 0 Å². The van der Waals surface area contributed by atoms with Gasteiger partial charge >= 0.3 is 0 Å². The zero-order valence-corrected chi connectivity index (χ0v) is 9.06. The number of nitrogens with two attached hydrogens (primary N) is 1. The number of hydrogen-bond acceptors (Lipinski definition) is 3. The van der Waals surface area contributed by atoms with Gasteiger partial charge in [-0.15, -0.1) is 0 Å². The number of hydrogen-bond donors (Lipinski definition) is 1. The standard InChI is InChI=1S/C13H11FN2O/c14-10-3-1-2-9(6-10)7-13(17)11-8-16-5-4-12(11)15/h1-6,8H,7H2,(H2,15,16). The van der Waals surface area contributed by atoms with Gasteiger partial charge in [0.05, 0.1) is 5.56 Å². The molecule has 2 N–H and O–H groups in total.